The lowest BCUT2D eigenvalue weighted by Crippen LogP contribution is -2.38. The Labute approximate surface area is 91.3 Å². The Bertz CT molecular complexity index is 163. The molecule has 0 saturated heterocycles. The molecule has 3 heteroatoms. The SMILES string of the molecule is CCCCCS(=O)CCNC(C)(C)C. The van der Waals surface area contributed by atoms with Gasteiger partial charge in [-0.2, -0.15) is 0 Å². The highest BCUT2D eigenvalue weighted by atomic mass is 32.2. The summed E-state index contributed by atoms with van der Waals surface area (Å²) in [6.45, 7) is 9.43. The second-order valence-electron chi connectivity index (χ2n) is 4.73. The van der Waals surface area contributed by atoms with E-state index in [9.17, 15) is 4.21 Å². The van der Waals surface area contributed by atoms with Crippen LogP contribution in [0.15, 0.2) is 0 Å². The smallest absolute Gasteiger partial charge is 0.0360 e. The Morgan fingerprint density at radius 2 is 1.79 bits per heavy atom. The van der Waals surface area contributed by atoms with Crippen molar-refractivity contribution in [3.63, 3.8) is 0 Å². The molecule has 0 saturated carbocycles. The largest absolute Gasteiger partial charge is 0.311 e. The summed E-state index contributed by atoms with van der Waals surface area (Å²) in [7, 11) is -0.619. The molecule has 0 radical (unpaired) electrons. The maximum atomic E-state index is 11.5. The molecule has 0 heterocycles. The van der Waals surface area contributed by atoms with Crippen molar-refractivity contribution in [1.29, 1.82) is 0 Å². The highest BCUT2D eigenvalue weighted by Gasteiger charge is 2.08. The molecule has 14 heavy (non-hydrogen) atoms. The summed E-state index contributed by atoms with van der Waals surface area (Å²) in [4.78, 5) is 0. The van der Waals surface area contributed by atoms with Crippen molar-refractivity contribution in [2.24, 2.45) is 0 Å². The Hall–Kier alpha value is 0.110. The standard InChI is InChI=1S/C11H25NOS/c1-5-6-7-9-14(13)10-8-12-11(2,3)4/h12H,5-10H2,1-4H3. The summed E-state index contributed by atoms with van der Waals surface area (Å²) in [5.74, 6) is 1.67. The van der Waals surface area contributed by atoms with Crippen LogP contribution in [-0.2, 0) is 10.8 Å². The molecule has 0 bridgehead atoms. The van der Waals surface area contributed by atoms with Crippen LogP contribution in [0.25, 0.3) is 0 Å². The Morgan fingerprint density at radius 3 is 2.29 bits per heavy atom. The van der Waals surface area contributed by atoms with E-state index >= 15 is 0 Å². The zero-order valence-corrected chi connectivity index (χ0v) is 10.9. The fourth-order valence-corrected chi connectivity index (χ4v) is 2.21. The van der Waals surface area contributed by atoms with E-state index in [1.54, 1.807) is 0 Å². The van der Waals surface area contributed by atoms with Gasteiger partial charge in [-0.25, -0.2) is 0 Å². The molecule has 0 aliphatic heterocycles. The van der Waals surface area contributed by atoms with E-state index in [-0.39, 0.29) is 5.54 Å². The first-order valence-corrected chi connectivity index (χ1v) is 7.04. The summed E-state index contributed by atoms with van der Waals surface area (Å²) in [6.07, 6.45) is 3.52. The number of rotatable bonds is 7. The second-order valence-corrected chi connectivity index (χ2v) is 6.43. The van der Waals surface area contributed by atoms with Gasteiger partial charge in [0.15, 0.2) is 0 Å². The van der Waals surface area contributed by atoms with Gasteiger partial charge in [0.05, 0.1) is 0 Å². The number of unbranched alkanes of at least 4 members (excludes halogenated alkanes) is 2. The van der Waals surface area contributed by atoms with Gasteiger partial charge in [-0.15, -0.1) is 0 Å². The van der Waals surface area contributed by atoms with Crippen LogP contribution in [0.5, 0.6) is 0 Å². The van der Waals surface area contributed by atoms with E-state index in [4.69, 9.17) is 0 Å². The first-order valence-electron chi connectivity index (χ1n) is 5.55. The Kier molecular flexibility index (Phi) is 7.47. The number of hydrogen-bond acceptors (Lipinski definition) is 2. The lowest BCUT2D eigenvalue weighted by Gasteiger charge is -2.20. The lowest BCUT2D eigenvalue weighted by molar-refractivity contribution is 0.440. The van der Waals surface area contributed by atoms with E-state index in [2.05, 4.69) is 33.0 Å². The number of nitrogens with one attached hydrogen (secondary N) is 1. The number of hydrogen-bond donors (Lipinski definition) is 1. The van der Waals surface area contributed by atoms with Gasteiger partial charge in [0.2, 0.25) is 0 Å². The van der Waals surface area contributed by atoms with E-state index in [1.807, 2.05) is 0 Å². The highest BCUT2D eigenvalue weighted by Crippen LogP contribution is 1.99. The van der Waals surface area contributed by atoms with E-state index < -0.39 is 10.8 Å². The molecular weight excluding hydrogens is 194 g/mol. The minimum absolute atomic E-state index is 0.146. The maximum absolute atomic E-state index is 11.5. The van der Waals surface area contributed by atoms with Gasteiger partial charge >= 0.3 is 0 Å². The molecule has 0 fully saturated rings. The predicted octanol–water partition coefficient (Wildman–Crippen LogP) is 2.31. The molecule has 0 aromatic heterocycles. The van der Waals surface area contributed by atoms with Gasteiger partial charge < -0.3 is 5.32 Å². The van der Waals surface area contributed by atoms with Crippen LogP contribution in [0.1, 0.15) is 47.0 Å². The van der Waals surface area contributed by atoms with Gasteiger partial charge in [-0.1, -0.05) is 19.8 Å². The van der Waals surface area contributed by atoms with Gasteiger partial charge in [0, 0.05) is 34.4 Å². The average molecular weight is 219 g/mol. The first-order chi connectivity index (χ1) is 6.45. The predicted molar refractivity (Wildman–Crippen MR) is 65.2 cm³/mol. The molecule has 0 aliphatic carbocycles. The normalized spacial score (nSPS) is 14.3. The summed E-state index contributed by atoms with van der Waals surface area (Å²) in [5.41, 5.74) is 0.146. The zero-order chi connectivity index (χ0) is 11.0. The van der Waals surface area contributed by atoms with Gasteiger partial charge in [-0.05, 0) is 27.2 Å². The molecule has 0 rings (SSSR count). The van der Waals surface area contributed by atoms with Crippen LogP contribution >= 0.6 is 0 Å². The molecule has 2 nitrogen and oxygen atoms in total. The minimum Gasteiger partial charge on any atom is -0.311 e. The molecule has 86 valence electrons. The fourth-order valence-electron chi connectivity index (χ4n) is 1.15. The minimum atomic E-state index is -0.619. The molecule has 0 spiro atoms. The monoisotopic (exact) mass is 219 g/mol. The average Bonchev–Trinajstić information content (AvgIpc) is 2.02. The van der Waals surface area contributed by atoms with Crippen molar-refractivity contribution in [3.05, 3.63) is 0 Å². The summed E-state index contributed by atoms with van der Waals surface area (Å²) < 4.78 is 11.5. The van der Waals surface area contributed by atoms with Crippen molar-refractivity contribution in [2.75, 3.05) is 18.1 Å². The van der Waals surface area contributed by atoms with E-state index in [0.717, 1.165) is 24.5 Å². The highest BCUT2D eigenvalue weighted by molar-refractivity contribution is 7.84. The van der Waals surface area contributed by atoms with Crippen LogP contribution in [0.4, 0.5) is 0 Å². The van der Waals surface area contributed by atoms with Gasteiger partial charge in [0.1, 0.15) is 0 Å². The van der Waals surface area contributed by atoms with E-state index in [1.165, 1.54) is 12.8 Å². The molecule has 0 aromatic rings. The van der Waals surface area contributed by atoms with Crippen molar-refractivity contribution in [2.45, 2.75) is 52.5 Å². The molecule has 0 aliphatic rings. The summed E-state index contributed by atoms with van der Waals surface area (Å²) in [5, 5.41) is 3.35. The third-order valence-electron chi connectivity index (χ3n) is 1.96. The zero-order valence-electron chi connectivity index (χ0n) is 10.1. The van der Waals surface area contributed by atoms with Crippen molar-refractivity contribution < 1.29 is 4.21 Å². The van der Waals surface area contributed by atoms with Crippen molar-refractivity contribution >= 4 is 10.8 Å². The molecule has 0 aromatic carbocycles. The third kappa shape index (κ3) is 10.2. The van der Waals surface area contributed by atoms with Crippen LogP contribution in [-0.4, -0.2) is 27.8 Å². The van der Waals surface area contributed by atoms with Crippen LogP contribution in [0.2, 0.25) is 0 Å². The summed E-state index contributed by atoms with van der Waals surface area (Å²) in [6, 6.07) is 0. The molecule has 1 unspecified atom stereocenters. The van der Waals surface area contributed by atoms with Crippen molar-refractivity contribution in [3.8, 4) is 0 Å². The topological polar surface area (TPSA) is 29.1 Å². The molecule has 1 atom stereocenters. The Morgan fingerprint density at radius 1 is 1.14 bits per heavy atom. The molecule has 1 N–H and O–H groups in total. The quantitative estimate of drug-likeness (QED) is 0.666. The van der Waals surface area contributed by atoms with Gasteiger partial charge in [0.25, 0.3) is 0 Å². The maximum Gasteiger partial charge on any atom is 0.0360 e. The van der Waals surface area contributed by atoms with Gasteiger partial charge in [-0.3, -0.25) is 4.21 Å². The second kappa shape index (κ2) is 7.41. The van der Waals surface area contributed by atoms with Crippen LogP contribution in [0.3, 0.4) is 0 Å². The van der Waals surface area contributed by atoms with E-state index in [0.29, 0.717) is 0 Å². The van der Waals surface area contributed by atoms with Crippen molar-refractivity contribution in [1.82, 2.24) is 5.32 Å². The Balaban J connectivity index is 3.36. The molecule has 0 amide bonds. The third-order valence-corrected chi connectivity index (χ3v) is 3.36. The lowest BCUT2D eigenvalue weighted by atomic mass is 10.1. The van der Waals surface area contributed by atoms with Crippen LogP contribution < -0.4 is 5.32 Å². The van der Waals surface area contributed by atoms with Crippen LogP contribution in [0, 0.1) is 0 Å². The first kappa shape index (κ1) is 14.1. The fraction of sp³-hybridized carbons (Fsp3) is 1.00. The summed E-state index contributed by atoms with van der Waals surface area (Å²) >= 11 is 0. The molecular formula is C11H25NOS.